The highest BCUT2D eigenvalue weighted by atomic mass is 16.5. The van der Waals surface area contributed by atoms with Gasteiger partial charge in [0.05, 0.1) is 11.8 Å². The minimum absolute atomic E-state index is 0.0793. The quantitative estimate of drug-likeness (QED) is 0.872. The van der Waals surface area contributed by atoms with Gasteiger partial charge in [0.15, 0.2) is 0 Å². The highest BCUT2D eigenvalue weighted by molar-refractivity contribution is 6.11. The van der Waals surface area contributed by atoms with E-state index in [1.165, 1.54) is 17.7 Å². The maximum atomic E-state index is 12.6. The number of hydrogen-bond acceptors (Lipinski definition) is 3. The Labute approximate surface area is 158 Å². The molecule has 138 valence electrons. The van der Waals surface area contributed by atoms with Crippen molar-refractivity contribution in [2.75, 3.05) is 11.9 Å². The number of anilines is 1. The molecular weight excluding hydrogens is 340 g/mol. The maximum absolute atomic E-state index is 12.6. The highest BCUT2D eigenvalue weighted by Gasteiger charge is 2.32. The molecule has 0 saturated heterocycles. The first-order valence-corrected chi connectivity index (χ1v) is 9.29. The summed E-state index contributed by atoms with van der Waals surface area (Å²) in [4.78, 5) is 26.6. The number of carbonyl (C=O) groups is 2. The van der Waals surface area contributed by atoms with E-state index in [2.05, 4.69) is 11.9 Å². The predicted octanol–water partition coefficient (Wildman–Crippen LogP) is 4.07. The Morgan fingerprint density at radius 3 is 2.48 bits per heavy atom. The van der Waals surface area contributed by atoms with Gasteiger partial charge in [-0.15, -0.1) is 0 Å². The normalized spacial score (nSPS) is 16.5. The third kappa shape index (κ3) is 3.45. The molecule has 1 heterocycles. The van der Waals surface area contributed by atoms with Crippen LogP contribution in [0.15, 0.2) is 55.1 Å². The molecule has 1 N–H and O–H groups in total. The Morgan fingerprint density at radius 2 is 1.74 bits per heavy atom. The zero-order valence-corrected chi connectivity index (χ0v) is 15.1. The molecule has 0 bridgehead atoms. The van der Waals surface area contributed by atoms with Crippen molar-refractivity contribution >= 4 is 23.2 Å². The number of amides is 2. The number of ether oxygens (including phenoxy) is 1. The summed E-state index contributed by atoms with van der Waals surface area (Å²) in [6.07, 6.45) is 4.65. The molecular formula is C22H22N2O3. The molecule has 0 aromatic heterocycles. The minimum atomic E-state index is -0.278. The van der Waals surface area contributed by atoms with Crippen molar-refractivity contribution in [1.29, 1.82) is 0 Å². The van der Waals surface area contributed by atoms with Gasteiger partial charge in [-0.25, -0.2) is 0 Å². The molecule has 5 nitrogen and oxygen atoms in total. The van der Waals surface area contributed by atoms with Crippen LogP contribution < -0.4 is 10.1 Å². The van der Waals surface area contributed by atoms with Crippen LogP contribution in [-0.4, -0.2) is 29.4 Å². The van der Waals surface area contributed by atoms with Crippen molar-refractivity contribution in [3.63, 3.8) is 0 Å². The van der Waals surface area contributed by atoms with E-state index < -0.39 is 0 Å². The third-order valence-electron chi connectivity index (χ3n) is 5.10. The van der Waals surface area contributed by atoms with Gasteiger partial charge in [0.2, 0.25) is 5.91 Å². The summed E-state index contributed by atoms with van der Waals surface area (Å²) >= 11 is 0. The highest BCUT2D eigenvalue weighted by Crippen LogP contribution is 2.32. The molecule has 2 amide bonds. The van der Waals surface area contributed by atoms with Gasteiger partial charge >= 0.3 is 0 Å². The van der Waals surface area contributed by atoms with Gasteiger partial charge in [-0.3, -0.25) is 14.5 Å². The molecule has 0 spiro atoms. The average molecular weight is 362 g/mol. The van der Waals surface area contributed by atoms with Crippen molar-refractivity contribution in [3.8, 4) is 5.75 Å². The van der Waals surface area contributed by atoms with Crippen LogP contribution in [0, 0.1) is 0 Å². The molecule has 2 aromatic rings. The van der Waals surface area contributed by atoms with E-state index in [0.29, 0.717) is 22.7 Å². The molecule has 0 unspecified atom stereocenters. The molecule has 0 radical (unpaired) electrons. The van der Waals surface area contributed by atoms with Crippen LogP contribution in [-0.2, 0) is 4.79 Å². The van der Waals surface area contributed by atoms with Crippen LogP contribution in [0.4, 0.5) is 5.69 Å². The number of fused-ring (bicyclic) bond motifs is 1. The Bertz CT molecular complexity index is 865. The lowest BCUT2D eigenvalue weighted by Crippen LogP contribution is -2.32. The van der Waals surface area contributed by atoms with Gasteiger partial charge in [0.1, 0.15) is 12.3 Å². The topological polar surface area (TPSA) is 58.6 Å². The zero-order chi connectivity index (χ0) is 18.8. The second kappa shape index (κ2) is 7.27. The molecule has 1 fully saturated rings. The maximum Gasteiger partial charge on any atom is 0.259 e. The van der Waals surface area contributed by atoms with Gasteiger partial charge in [0.25, 0.3) is 5.91 Å². The molecule has 1 aliphatic carbocycles. The first kappa shape index (κ1) is 17.3. The van der Waals surface area contributed by atoms with Crippen LogP contribution >= 0.6 is 0 Å². The van der Waals surface area contributed by atoms with E-state index in [9.17, 15) is 9.59 Å². The van der Waals surface area contributed by atoms with Crippen molar-refractivity contribution in [2.45, 2.75) is 31.8 Å². The van der Waals surface area contributed by atoms with E-state index in [-0.39, 0.29) is 24.5 Å². The standard InChI is InChI=1S/C22H22N2O3/c1-15-17-10-4-5-11-18(17)22(26)24(15)14-21(25)23-19-12-6-7-13-20(19)27-16-8-2-3-9-16/h4-7,10-13,16H,1-3,8-9,14H2,(H,23,25). The molecule has 27 heavy (non-hydrogen) atoms. The van der Waals surface area contributed by atoms with E-state index >= 15 is 0 Å². The minimum Gasteiger partial charge on any atom is -0.488 e. The third-order valence-corrected chi connectivity index (χ3v) is 5.10. The molecule has 1 saturated carbocycles. The fourth-order valence-electron chi connectivity index (χ4n) is 3.69. The lowest BCUT2D eigenvalue weighted by atomic mass is 10.1. The van der Waals surface area contributed by atoms with Crippen LogP contribution in [0.5, 0.6) is 5.75 Å². The van der Waals surface area contributed by atoms with Crippen LogP contribution in [0.2, 0.25) is 0 Å². The summed E-state index contributed by atoms with van der Waals surface area (Å²) in [5.74, 6) is 0.202. The van der Waals surface area contributed by atoms with Gasteiger partial charge in [0, 0.05) is 16.8 Å². The Balaban J connectivity index is 1.45. The van der Waals surface area contributed by atoms with Crippen LogP contribution in [0.25, 0.3) is 5.70 Å². The van der Waals surface area contributed by atoms with Gasteiger partial charge in [-0.2, -0.15) is 0 Å². The summed E-state index contributed by atoms with van der Waals surface area (Å²) in [6.45, 7) is 3.89. The number of nitrogens with zero attached hydrogens (tertiary/aromatic N) is 1. The number of nitrogens with one attached hydrogen (secondary N) is 1. The number of benzene rings is 2. The largest absolute Gasteiger partial charge is 0.488 e. The fourth-order valence-corrected chi connectivity index (χ4v) is 3.69. The van der Waals surface area contributed by atoms with E-state index in [0.717, 1.165) is 18.4 Å². The molecule has 4 rings (SSSR count). The van der Waals surface area contributed by atoms with Gasteiger partial charge in [-0.05, 0) is 43.9 Å². The number of rotatable bonds is 5. The Hall–Kier alpha value is -3.08. The first-order chi connectivity index (χ1) is 13.1. The molecule has 2 aromatic carbocycles. The van der Waals surface area contributed by atoms with E-state index in [4.69, 9.17) is 4.74 Å². The van der Waals surface area contributed by atoms with E-state index in [1.54, 1.807) is 6.07 Å². The smallest absolute Gasteiger partial charge is 0.259 e. The van der Waals surface area contributed by atoms with E-state index in [1.807, 2.05) is 42.5 Å². The van der Waals surface area contributed by atoms with Crippen molar-refractivity contribution in [1.82, 2.24) is 4.90 Å². The van der Waals surface area contributed by atoms with Crippen LogP contribution in [0.3, 0.4) is 0 Å². The molecule has 5 heteroatoms. The molecule has 2 aliphatic rings. The Morgan fingerprint density at radius 1 is 1.07 bits per heavy atom. The number of para-hydroxylation sites is 2. The summed E-state index contributed by atoms with van der Waals surface area (Å²) in [5, 5.41) is 2.88. The van der Waals surface area contributed by atoms with Crippen molar-refractivity contribution in [2.24, 2.45) is 0 Å². The van der Waals surface area contributed by atoms with Crippen molar-refractivity contribution in [3.05, 3.63) is 66.2 Å². The first-order valence-electron chi connectivity index (χ1n) is 9.29. The molecule has 1 aliphatic heterocycles. The summed E-state index contributed by atoms with van der Waals surface area (Å²) < 4.78 is 6.06. The second-order valence-corrected chi connectivity index (χ2v) is 6.95. The number of carbonyl (C=O) groups excluding carboxylic acids is 2. The van der Waals surface area contributed by atoms with Crippen molar-refractivity contribution < 1.29 is 14.3 Å². The van der Waals surface area contributed by atoms with Gasteiger partial charge in [-0.1, -0.05) is 36.9 Å². The summed E-state index contributed by atoms with van der Waals surface area (Å²) in [6, 6.07) is 14.7. The average Bonchev–Trinajstić information content (AvgIpc) is 3.27. The monoisotopic (exact) mass is 362 g/mol. The Kier molecular flexibility index (Phi) is 4.67. The summed E-state index contributed by atoms with van der Waals surface area (Å²) in [7, 11) is 0. The lowest BCUT2D eigenvalue weighted by molar-refractivity contribution is -0.116. The zero-order valence-electron chi connectivity index (χ0n) is 15.1. The SMILES string of the molecule is C=C1c2ccccc2C(=O)N1CC(=O)Nc1ccccc1OC1CCCC1. The second-order valence-electron chi connectivity index (χ2n) is 6.95. The fraction of sp³-hybridized carbons (Fsp3) is 0.273. The lowest BCUT2D eigenvalue weighted by Gasteiger charge is -2.19. The number of hydrogen-bond donors (Lipinski definition) is 1. The van der Waals surface area contributed by atoms with Gasteiger partial charge < -0.3 is 10.1 Å². The summed E-state index contributed by atoms with van der Waals surface area (Å²) in [5.41, 5.74) is 2.55. The predicted molar refractivity (Wildman–Crippen MR) is 104 cm³/mol. The van der Waals surface area contributed by atoms with Crippen LogP contribution in [0.1, 0.15) is 41.6 Å². The molecule has 0 atom stereocenters.